The summed E-state index contributed by atoms with van der Waals surface area (Å²) >= 11 is 1.50. The van der Waals surface area contributed by atoms with E-state index in [2.05, 4.69) is 4.98 Å². The second-order valence-electron chi connectivity index (χ2n) is 3.66. The number of thiazole rings is 1. The van der Waals surface area contributed by atoms with E-state index in [4.69, 9.17) is 0 Å². The van der Waals surface area contributed by atoms with Crippen LogP contribution in [0.4, 0.5) is 13.2 Å². The fourth-order valence-corrected chi connectivity index (χ4v) is 2.14. The number of hydrogen-bond donors (Lipinski definition) is 1. The number of benzene rings is 1. The van der Waals surface area contributed by atoms with E-state index in [9.17, 15) is 18.0 Å². The van der Waals surface area contributed by atoms with Gasteiger partial charge in [-0.1, -0.05) is 6.07 Å². The Morgan fingerprint density at radius 2 is 2.17 bits per heavy atom. The minimum Gasteiger partial charge on any atom is -0.348 e. The van der Waals surface area contributed by atoms with Gasteiger partial charge in [-0.3, -0.25) is 4.79 Å². The standard InChI is InChI=1S/C11H9F3N2OS/c12-11(13,14)10(17)15-4-3-7-1-2-9-8(5-7)16-6-18-9/h1-2,5-6H,3-4H2,(H,15,17). The lowest BCUT2D eigenvalue weighted by Crippen LogP contribution is -2.37. The van der Waals surface area contributed by atoms with Crippen molar-refractivity contribution in [2.24, 2.45) is 0 Å². The van der Waals surface area contributed by atoms with Gasteiger partial charge in [0.25, 0.3) is 0 Å². The average molecular weight is 274 g/mol. The first-order chi connectivity index (χ1) is 8.47. The zero-order chi connectivity index (χ0) is 13.2. The molecule has 18 heavy (non-hydrogen) atoms. The number of aromatic nitrogens is 1. The highest BCUT2D eigenvalue weighted by molar-refractivity contribution is 7.16. The highest BCUT2D eigenvalue weighted by atomic mass is 32.1. The molecule has 3 nitrogen and oxygen atoms in total. The summed E-state index contributed by atoms with van der Waals surface area (Å²) in [6, 6.07) is 5.50. The average Bonchev–Trinajstić information content (AvgIpc) is 2.74. The minimum atomic E-state index is -4.82. The molecule has 1 aromatic carbocycles. The Balaban J connectivity index is 1.92. The van der Waals surface area contributed by atoms with Gasteiger partial charge in [-0.2, -0.15) is 13.2 Å². The van der Waals surface area contributed by atoms with Crippen molar-refractivity contribution >= 4 is 27.5 Å². The van der Waals surface area contributed by atoms with Crippen LogP contribution in [0.1, 0.15) is 5.56 Å². The monoisotopic (exact) mass is 274 g/mol. The van der Waals surface area contributed by atoms with Crippen LogP contribution in [0.2, 0.25) is 0 Å². The summed E-state index contributed by atoms with van der Waals surface area (Å²) in [6.45, 7) is -0.0476. The van der Waals surface area contributed by atoms with Gasteiger partial charge in [0.05, 0.1) is 15.7 Å². The third kappa shape index (κ3) is 2.98. The number of hydrogen-bond acceptors (Lipinski definition) is 3. The quantitative estimate of drug-likeness (QED) is 0.934. The molecule has 0 saturated heterocycles. The van der Waals surface area contributed by atoms with Crippen molar-refractivity contribution in [2.75, 3.05) is 6.54 Å². The van der Waals surface area contributed by atoms with Gasteiger partial charge in [-0.05, 0) is 24.1 Å². The topological polar surface area (TPSA) is 42.0 Å². The van der Waals surface area contributed by atoms with Crippen LogP contribution in [0.15, 0.2) is 23.7 Å². The third-order valence-corrected chi connectivity index (χ3v) is 3.16. The predicted octanol–water partition coefficient (Wildman–Crippen LogP) is 2.52. The molecule has 0 saturated carbocycles. The Hall–Kier alpha value is -1.63. The first-order valence-corrected chi connectivity index (χ1v) is 6.02. The smallest absolute Gasteiger partial charge is 0.348 e. The zero-order valence-electron chi connectivity index (χ0n) is 9.12. The summed E-state index contributed by atoms with van der Waals surface area (Å²) in [5, 5.41) is 1.83. The third-order valence-electron chi connectivity index (χ3n) is 2.35. The van der Waals surface area contributed by atoms with Crippen molar-refractivity contribution in [1.29, 1.82) is 0 Å². The molecule has 2 aromatic rings. The Bertz CT molecular complexity index is 565. The van der Waals surface area contributed by atoms with E-state index >= 15 is 0 Å². The lowest BCUT2D eigenvalue weighted by Gasteiger charge is -2.07. The van der Waals surface area contributed by atoms with Gasteiger partial charge in [0.15, 0.2) is 0 Å². The van der Waals surface area contributed by atoms with Gasteiger partial charge in [-0.25, -0.2) is 4.98 Å². The number of carbonyl (C=O) groups is 1. The van der Waals surface area contributed by atoms with Crippen molar-refractivity contribution in [2.45, 2.75) is 12.6 Å². The van der Waals surface area contributed by atoms with E-state index in [1.165, 1.54) is 11.3 Å². The van der Waals surface area contributed by atoms with Gasteiger partial charge in [-0.15, -0.1) is 11.3 Å². The van der Waals surface area contributed by atoms with Gasteiger partial charge in [0.1, 0.15) is 0 Å². The van der Waals surface area contributed by atoms with E-state index in [0.29, 0.717) is 6.42 Å². The fourth-order valence-electron chi connectivity index (χ4n) is 1.48. The van der Waals surface area contributed by atoms with E-state index < -0.39 is 12.1 Å². The molecule has 0 atom stereocenters. The number of nitrogens with zero attached hydrogens (tertiary/aromatic N) is 1. The van der Waals surface area contributed by atoms with E-state index in [1.54, 1.807) is 5.51 Å². The molecule has 1 amide bonds. The summed E-state index contributed by atoms with van der Waals surface area (Å²) in [4.78, 5) is 14.7. The molecule has 7 heteroatoms. The molecular formula is C11H9F3N2OS. The van der Waals surface area contributed by atoms with Gasteiger partial charge in [0.2, 0.25) is 0 Å². The molecule has 1 heterocycles. The fraction of sp³-hybridized carbons (Fsp3) is 0.273. The van der Waals surface area contributed by atoms with Crippen LogP contribution in [0, 0.1) is 0 Å². The van der Waals surface area contributed by atoms with Crippen LogP contribution >= 0.6 is 11.3 Å². The van der Waals surface area contributed by atoms with Gasteiger partial charge in [0, 0.05) is 6.54 Å². The molecule has 1 N–H and O–H groups in total. The molecule has 0 fully saturated rings. The molecule has 96 valence electrons. The van der Waals surface area contributed by atoms with Crippen molar-refractivity contribution in [3.63, 3.8) is 0 Å². The molecule has 2 rings (SSSR count). The van der Waals surface area contributed by atoms with Crippen molar-refractivity contribution < 1.29 is 18.0 Å². The Labute approximate surface area is 105 Å². The highest BCUT2D eigenvalue weighted by Gasteiger charge is 2.38. The molecule has 0 aliphatic carbocycles. The van der Waals surface area contributed by atoms with Crippen molar-refractivity contribution in [3.8, 4) is 0 Å². The SMILES string of the molecule is O=C(NCCc1ccc2scnc2c1)C(F)(F)F. The number of halogens is 3. The van der Waals surface area contributed by atoms with Crippen LogP contribution in [0.3, 0.4) is 0 Å². The molecular weight excluding hydrogens is 265 g/mol. The molecule has 0 spiro atoms. The number of amides is 1. The summed E-state index contributed by atoms with van der Waals surface area (Å²) in [7, 11) is 0. The number of nitrogens with one attached hydrogen (secondary N) is 1. The number of alkyl halides is 3. The second kappa shape index (κ2) is 4.93. The molecule has 0 aliphatic heterocycles. The second-order valence-corrected chi connectivity index (χ2v) is 4.54. The normalized spacial score (nSPS) is 11.7. The maximum absolute atomic E-state index is 11.9. The lowest BCUT2D eigenvalue weighted by atomic mass is 10.1. The van der Waals surface area contributed by atoms with Crippen LogP contribution in [0.5, 0.6) is 0 Å². The Kier molecular flexibility index (Phi) is 3.51. The molecule has 0 bridgehead atoms. The molecule has 0 radical (unpaired) electrons. The molecule has 0 aliphatic rings. The summed E-state index contributed by atoms with van der Waals surface area (Å²) < 4.78 is 36.8. The molecule has 1 aromatic heterocycles. The molecule has 0 unspecified atom stereocenters. The predicted molar refractivity (Wildman–Crippen MR) is 62.4 cm³/mol. The van der Waals surface area contributed by atoms with E-state index in [1.807, 2.05) is 23.5 Å². The maximum Gasteiger partial charge on any atom is 0.471 e. The Morgan fingerprint density at radius 1 is 1.39 bits per heavy atom. The largest absolute Gasteiger partial charge is 0.471 e. The number of fused-ring (bicyclic) bond motifs is 1. The van der Waals surface area contributed by atoms with Gasteiger partial charge < -0.3 is 5.32 Å². The minimum absolute atomic E-state index is 0.0476. The van der Waals surface area contributed by atoms with Crippen LogP contribution < -0.4 is 5.32 Å². The number of rotatable bonds is 3. The van der Waals surface area contributed by atoms with E-state index in [-0.39, 0.29) is 6.54 Å². The lowest BCUT2D eigenvalue weighted by molar-refractivity contribution is -0.173. The van der Waals surface area contributed by atoms with Crippen LogP contribution in [-0.4, -0.2) is 23.6 Å². The van der Waals surface area contributed by atoms with Crippen molar-refractivity contribution in [1.82, 2.24) is 10.3 Å². The summed E-state index contributed by atoms with van der Waals surface area (Å²) in [6.07, 6.45) is -4.48. The maximum atomic E-state index is 11.9. The first kappa shape index (κ1) is 12.8. The zero-order valence-corrected chi connectivity index (χ0v) is 9.94. The van der Waals surface area contributed by atoms with Crippen LogP contribution in [0.25, 0.3) is 10.2 Å². The van der Waals surface area contributed by atoms with Crippen LogP contribution in [-0.2, 0) is 11.2 Å². The van der Waals surface area contributed by atoms with Gasteiger partial charge >= 0.3 is 12.1 Å². The first-order valence-electron chi connectivity index (χ1n) is 5.14. The summed E-state index contributed by atoms with van der Waals surface area (Å²) in [5.41, 5.74) is 3.37. The Morgan fingerprint density at radius 3 is 2.89 bits per heavy atom. The summed E-state index contributed by atoms with van der Waals surface area (Å²) in [5.74, 6) is -1.91. The van der Waals surface area contributed by atoms with Crippen molar-refractivity contribution in [3.05, 3.63) is 29.3 Å². The highest BCUT2D eigenvalue weighted by Crippen LogP contribution is 2.19. The number of carbonyl (C=O) groups excluding carboxylic acids is 1. The van der Waals surface area contributed by atoms with E-state index in [0.717, 1.165) is 15.8 Å².